The number of nitrogens with zero attached hydrogens (tertiary/aromatic N) is 2. The number of halogens is 1. The molecule has 3 rings (SSSR count). The second-order valence-electron chi connectivity index (χ2n) is 6.27. The third-order valence-corrected chi connectivity index (χ3v) is 5.56. The minimum atomic E-state index is -0.338. The molecule has 0 spiro atoms. The maximum absolute atomic E-state index is 13.4. The second kappa shape index (κ2) is 8.97. The fourth-order valence-corrected chi connectivity index (χ4v) is 4.44. The third kappa shape index (κ3) is 4.07. The van der Waals surface area contributed by atoms with Crippen LogP contribution in [0, 0.1) is 5.82 Å². The number of carbonyl (C=O) groups excluding carboxylic acids is 1. The summed E-state index contributed by atoms with van der Waals surface area (Å²) in [6.45, 7) is 4.79. The van der Waals surface area contributed by atoms with E-state index >= 15 is 0 Å². The summed E-state index contributed by atoms with van der Waals surface area (Å²) >= 11 is 1.51. The van der Waals surface area contributed by atoms with Gasteiger partial charge in [0.2, 0.25) is 0 Å². The largest absolute Gasteiger partial charge is 0.496 e. The summed E-state index contributed by atoms with van der Waals surface area (Å²) in [5, 5.41) is 0. The molecule has 0 N–H and O–H groups in total. The predicted molar refractivity (Wildman–Crippen MR) is 110 cm³/mol. The molecule has 1 amide bonds. The molecule has 0 saturated carbocycles. The number of amides is 1. The van der Waals surface area contributed by atoms with Gasteiger partial charge in [0.1, 0.15) is 11.6 Å². The van der Waals surface area contributed by atoms with Crippen LogP contribution in [0.4, 0.5) is 4.39 Å². The Balaban J connectivity index is 2.16. The van der Waals surface area contributed by atoms with Crippen molar-refractivity contribution >= 4 is 17.2 Å². The van der Waals surface area contributed by atoms with Crippen molar-refractivity contribution in [1.29, 1.82) is 0 Å². The van der Waals surface area contributed by atoms with E-state index in [9.17, 15) is 9.18 Å². The number of thiazole rings is 1. The zero-order chi connectivity index (χ0) is 20.1. The molecular formula is C22H23FN2O2S. The topological polar surface area (TPSA) is 43.6 Å². The molecular weight excluding hydrogens is 375 g/mol. The fraction of sp³-hybridized carbons (Fsp3) is 0.273. The average Bonchev–Trinajstić information content (AvgIpc) is 3.05. The molecule has 0 atom stereocenters. The van der Waals surface area contributed by atoms with E-state index in [0.717, 1.165) is 29.0 Å². The SMILES string of the molecule is CCCc1sc(=NC(=O)c2ccccc2OC)n(CC)c1-c1ccc(F)cc1. The first kappa shape index (κ1) is 20.0. The molecule has 0 saturated heterocycles. The molecule has 0 fully saturated rings. The van der Waals surface area contributed by atoms with Crippen LogP contribution in [0.1, 0.15) is 35.5 Å². The number of hydrogen-bond donors (Lipinski definition) is 0. The summed E-state index contributed by atoms with van der Waals surface area (Å²) in [6.07, 6.45) is 1.84. The zero-order valence-electron chi connectivity index (χ0n) is 16.2. The highest BCUT2D eigenvalue weighted by molar-refractivity contribution is 7.09. The monoisotopic (exact) mass is 398 g/mol. The lowest BCUT2D eigenvalue weighted by Gasteiger charge is -2.09. The van der Waals surface area contributed by atoms with Crippen LogP contribution in [0.3, 0.4) is 0 Å². The maximum Gasteiger partial charge on any atom is 0.283 e. The number of para-hydroxylation sites is 1. The van der Waals surface area contributed by atoms with Crippen LogP contribution in [0.25, 0.3) is 11.3 Å². The third-order valence-electron chi connectivity index (χ3n) is 4.42. The van der Waals surface area contributed by atoms with Gasteiger partial charge in [-0.1, -0.05) is 25.5 Å². The van der Waals surface area contributed by atoms with Crippen molar-refractivity contribution in [1.82, 2.24) is 4.57 Å². The molecule has 0 aliphatic rings. The van der Waals surface area contributed by atoms with Crippen LogP contribution in [0.2, 0.25) is 0 Å². The highest BCUT2D eigenvalue weighted by Gasteiger charge is 2.16. The van der Waals surface area contributed by atoms with Crippen molar-refractivity contribution in [3.8, 4) is 17.0 Å². The fourth-order valence-electron chi connectivity index (χ4n) is 3.13. The van der Waals surface area contributed by atoms with E-state index in [4.69, 9.17) is 4.74 Å². The molecule has 146 valence electrons. The Kier molecular flexibility index (Phi) is 6.41. The van der Waals surface area contributed by atoms with Crippen LogP contribution in [-0.2, 0) is 13.0 Å². The summed E-state index contributed by atoms with van der Waals surface area (Å²) in [5.74, 6) is -0.103. The number of rotatable bonds is 6. The predicted octanol–water partition coefficient (Wildman–Crippen LogP) is 5.08. The van der Waals surface area contributed by atoms with Crippen molar-refractivity contribution < 1.29 is 13.9 Å². The highest BCUT2D eigenvalue weighted by Crippen LogP contribution is 2.28. The first-order valence-electron chi connectivity index (χ1n) is 9.29. The molecule has 0 aliphatic heterocycles. The molecule has 0 radical (unpaired) electrons. The maximum atomic E-state index is 13.4. The Morgan fingerprint density at radius 3 is 2.50 bits per heavy atom. The van der Waals surface area contributed by atoms with Crippen LogP contribution >= 0.6 is 11.3 Å². The molecule has 2 aromatic carbocycles. The zero-order valence-corrected chi connectivity index (χ0v) is 17.1. The molecule has 6 heteroatoms. The van der Waals surface area contributed by atoms with Gasteiger partial charge < -0.3 is 9.30 Å². The van der Waals surface area contributed by atoms with Gasteiger partial charge in [-0.25, -0.2) is 4.39 Å². The van der Waals surface area contributed by atoms with Crippen LogP contribution < -0.4 is 9.54 Å². The Morgan fingerprint density at radius 2 is 1.86 bits per heavy atom. The van der Waals surface area contributed by atoms with Crippen molar-refractivity contribution in [3.05, 3.63) is 69.6 Å². The number of carbonyl (C=O) groups is 1. The van der Waals surface area contributed by atoms with E-state index in [0.29, 0.717) is 22.7 Å². The summed E-state index contributed by atoms with van der Waals surface area (Å²) in [7, 11) is 1.54. The van der Waals surface area contributed by atoms with Crippen LogP contribution in [0.5, 0.6) is 5.75 Å². The van der Waals surface area contributed by atoms with E-state index in [1.54, 1.807) is 30.3 Å². The first-order chi connectivity index (χ1) is 13.6. The van der Waals surface area contributed by atoms with Gasteiger partial charge in [0.05, 0.1) is 18.4 Å². The summed E-state index contributed by atoms with van der Waals surface area (Å²) < 4.78 is 20.7. The van der Waals surface area contributed by atoms with Gasteiger partial charge in [-0.2, -0.15) is 4.99 Å². The Morgan fingerprint density at radius 1 is 1.14 bits per heavy atom. The van der Waals surface area contributed by atoms with Gasteiger partial charge in [-0.15, -0.1) is 11.3 Å². The van der Waals surface area contributed by atoms with Gasteiger partial charge in [-0.05, 0) is 55.3 Å². The quantitative estimate of drug-likeness (QED) is 0.581. The van der Waals surface area contributed by atoms with Gasteiger partial charge in [0.15, 0.2) is 4.80 Å². The lowest BCUT2D eigenvalue weighted by atomic mass is 10.1. The molecule has 0 aliphatic carbocycles. The van der Waals surface area contributed by atoms with E-state index in [1.807, 2.05) is 17.6 Å². The lowest BCUT2D eigenvalue weighted by molar-refractivity contribution is 0.0995. The molecule has 0 bridgehead atoms. The summed E-state index contributed by atoms with van der Waals surface area (Å²) in [6, 6.07) is 13.5. The van der Waals surface area contributed by atoms with Crippen molar-refractivity contribution in [2.45, 2.75) is 33.2 Å². The first-order valence-corrected chi connectivity index (χ1v) is 10.1. The minimum Gasteiger partial charge on any atom is -0.496 e. The smallest absolute Gasteiger partial charge is 0.283 e. The molecule has 1 aromatic heterocycles. The van der Waals surface area contributed by atoms with Crippen molar-refractivity contribution in [3.63, 3.8) is 0 Å². The van der Waals surface area contributed by atoms with E-state index in [2.05, 4.69) is 11.9 Å². The van der Waals surface area contributed by atoms with Crippen LogP contribution in [0.15, 0.2) is 53.5 Å². The summed E-state index contributed by atoms with van der Waals surface area (Å²) in [5.41, 5.74) is 2.36. The number of ether oxygens (including phenoxy) is 1. The normalized spacial score (nSPS) is 11.6. The molecule has 1 heterocycles. The summed E-state index contributed by atoms with van der Waals surface area (Å²) in [4.78, 5) is 19.0. The number of methoxy groups -OCH3 is 1. The van der Waals surface area contributed by atoms with E-state index < -0.39 is 0 Å². The molecule has 0 unspecified atom stereocenters. The van der Waals surface area contributed by atoms with Crippen molar-refractivity contribution in [2.24, 2.45) is 4.99 Å². The van der Waals surface area contributed by atoms with E-state index in [-0.39, 0.29) is 11.7 Å². The Bertz CT molecular complexity index is 1040. The minimum absolute atomic E-state index is 0.268. The van der Waals surface area contributed by atoms with Gasteiger partial charge in [0.25, 0.3) is 5.91 Å². The molecule has 3 aromatic rings. The van der Waals surface area contributed by atoms with Gasteiger partial charge in [0, 0.05) is 11.4 Å². The Labute approximate surface area is 168 Å². The standard InChI is InChI=1S/C22H23FN2O2S/c1-4-8-19-20(15-11-13-16(23)14-12-15)25(5-2)22(28-19)24-21(26)17-9-6-7-10-18(17)27-3/h6-7,9-14H,4-5,8H2,1-3H3. The number of aryl methyl sites for hydroxylation is 1. The molecule has 28 heavy (non-hydrogen) atoms. The van der Waals surface area contributed by atoms with Crippen molar-refractivity contribution in [2.75, 3.05) is 7.11 Å². The van der Waals surface area contributed by atoms with Gasteiger partial charge in [-0.3, -0.25) is 4.79 Å². The Hall–Kier alpha value is -2.73. The number of hydrogen-bond acceptors (Lipinski definition) is 3. The number of benzene rings is 2. The molecule has 4 nitrogen and oxygen atoms in total. The second-order valence-corrected chi connectivity index (χ2v) is 7.34. The van der Waals surface area contributed by atoms with E-state index in [1.165, 1.54) is 30.6 Å². The number of aromatic nitrogens is 1. The van der Waals surface area contributed by atoms with Crippen LogP contribution in [-0.4, -0.2) is 17.6 Å². The highest BCUT2D eigenvalue weighted by atomic mass is 32.1. The average molecular weight is 399 g/mol. The van der Waals surface area contributed by atoms with Gasteiger partial charge >= 0.3 is 0 Å². The lowest BCUT2D eigenvalue weighted by Crippen LogP contribution is -2.17.